The molecule has 0 bridgehead atoms. The average Bonchev–Trinajstić information content (AvgIpc) is 2.51. The van der Waals surface area contributed by atoms with Crippen LogP contribution in [0, 0.1) is 5.82 Å². The minimum Gasteiger partial charge on any atom is -0.235 e. The second kappa shape index (κ2) is 3.71. The highest BCUT2D eigenvalue weighted by molar-refractivity contribution is 9.10. The Balaban J connectivity index is 2.61. The molecule has 5 heteroatoms. The SMILES string of the molecule is Fc1cccc(Cl)c1-n1cc(Br)cn1. The summed E-state index contributed by atoms with van der Waals surface area (Å²) in [6.07, 6.45) is 3.22. The van der Waals surface area contributed by atoms with Gasteiger partial charge in [-0.05, 0) is 28.1 Å². The summed E-state index contributed by atoms with van der Waals surface area (Å²) in [7, 11) is 0. The van der Waals surface area contributed by atoms with E-state index in [-0.39, 0.29) is 5.69 Å². The summed E-state index contributed by atoms with van der Waals surface area (Å²) in [5.41, 5.74) is 0.264. The lowest BCUT2D eigenvalue weighted by molar-refractivity contribution is 0.611. The van der Waals surface area contributed by atoms with Gasteiger partial charge in [0, 0.05) is 6.20 Å². The highest BCUT2D eigenvalue weighted by Crippen LogP contribution is 2.23. The minimum absolute atomic E-state index is 0.264. The molecule has 0 spiro atoms. The first kappa shape index (κ1) is 9.68. The Morgan fingerprint density at radius 1 is 1.43 bits per heavy atom. The lowest BCUT2D eigenvalue weighted by atomic mass is 10.3. The molecular weight excluding hydrogens is 270 g/mol. The molecule has 2 rings (SSSR count). The summed E-state index contributed by atoms with van der Waals surface area (Å²) in [4.78, 5) is 0. The number of aromatic nitrogens is 2. The largest absolute Gasteiger partial charge is 0.235 e. The van der Waals surface area contributed by atoms with Crippen molar-refractivity contribution in [2.75, 3.05) is 0 Å². The molecular formula is C9H5BrClFN2. The third kappa shape index (κ3) is 1.67. The molecule has 1 aromatic carbocycles. The first-order valence-corrected chi connectivity index (χ1v) is 5.00. The van der Waals surface area contributed by atoms with Gasteiger partial charge < -0.3 is 0 Å². The molecule has 0 saturated carbocycles. The van der Waals surface area contributed by atoms with Gasteiger partial charge in [0.05, 0.1) is 15.7 Å². The second-order valence-electron chi connectivity index (χ2n) is 2.67. The summed E-state index contributed by atoms with van der Waals surface area (Å²) in [5, 5.41) is 4.29. The summed E-state index contributed by atoms with van der Waals surface area (Å²) < 4.78 is 15.6. The molecule has 0 unspecified atom stereocenters. The zero-order valence-corrected chi connectivity index (χ0v) is 9.26. The van der Waals surface area contributed by atoms with Crippen LogP contribution in [-0.2, 0) is 0 Å². The van der Waals surface area contributed by atoms with Crippen LogP contribution in [0.4, 0.5) is 4.39 Å². The van der Waals surface area contributed by atoms with Gasteiger partial charge in [-0.3, -0.25) is 0 Å². The van der Waals surface area contributed by atoms with Crippen molar-refractivity contribution in [1.82, 2.24) is 9.78 Å². The molecule has 1 heterocycles. The van der Waals surface area contributed by atoms with Crippen molar-refractivity contribution in [3.8, 4) is 5.69 Å². The van der Waals surface area contributed by atoms with Crippen molar-refractivity contribution < 1.29 is 4.39 Å². The molecule has 0 aliphatic rings. The molecule has 0 atom stereocenters. The van der Waals surface area contributed by atoms with E-state index >= 15 is 0 Å². The van der Waals surface area contributed by atoms with Crippen LogP contribution in [0.25, 0.3) is 5.69 Å². The molecule has 0 aliphatic heterocycles. The highest BCUT2D eigenvalue weighted by atomic mass is 79.9. The van der Waals surface area contributed by atoms with Crippen LogP contribution >= 0.6 is 27.5 Å². The van der Waals surface area contributed by atoms with E-state index in [0.717, 1.165) is 4.47 Å². The average molecular weight is 276 g/mol. The second-order valence-corrected chi connectivity index (χ2v) is 4.00. The topological polar surface area (TPSA) is 17.8 Å². The number of hydrogen-bond acceptors (Lipinski definition) is 1. The van der Waals surface area contributed by atoms with Crippen LogP contribution in [0.3, 0.4) is 0 Å². The predicted octanol–water partition coefficient (Wildman–Crippen LogP) is 3.43. The molecule has 2 nitrogen and oxygen atoms in total. The van der Waals surface area contributed by atoms with E-state index in [2.05, 4.69) is 21.0 Å². The van der Waals surface area contributed by atoms with Crippen LogP contribution in [0.1, 0.15) is 0 Å². The molecule has 0 radical (unpaired) electrons. The van der Waals surface area contributed by atoms with Gasteiger partial charge in [-0.1, -0.05) is 17.7 Å². The highest BCUT2D eigenvalue weighted by Gasteiger charge is 2.09. The monoisotopic (exact) mass is 274 g/mol. The molecule has 0 amide bonds. The Labute approximate surface area is 93.4 Å². The zero-order valence-electron chi connectivity index (χ0n) is 6.92. The van der Waals surface area contributed by atoms with Gasteiger partial charge in [-0.25, -0.2) is 9.07 Å². The smallest absolute Gasteiger partial charge is 0.150 e. The van der Waals surface area contributed by atoms with E-state index in [1.165, 1.54) is 10.7 Å². The normalized spacial score (nSPS) is 10.5. The maximum Gasteiger partial charge on any atom is 0.150 e. The van der Waals surface area contributed by atoms with E-state index in [0.29, 0.717) is 5.02 Å². The number of para-hydroxylation sites is 1. The number of hydrogen-bond donors (Lipinski definition) is 0. The summed E-state index contributed by atoms with van der Waals surface area (Å²) in [5.74, 6) is -0.395. The van der Waals surface area contributed by atoms with Crippen LogP contribution in [-0.4, -0.2) is 9.78 Å². The van der Waals surface area contributed by atoms with Crippen molar-refractivity contribution in [1.29, 1.82) is 0 Å². The Bertz CT molecular complexity index is 449. The first-order valence-electron chi connectivity index (χ1n) is 3.83. The number of rotatable bonds is 1. The van der Waals surface area contributed by atoms with Crippen LogP contribution in [0.2, 0.25) is 5.02 Å². The molecule has 2 aromatic rings. The lowest BCUT2D eigenvalue weighted by Gasteiger charge is -2.04. The third-order valence-electron chi connectivity index (χ3n) is 1.72. The van der Waals surface area contributed by atoms with E-state index in [4.69, 9.17) is 11.6 Å². The van der Waals surface area contributed by atoms with E-state index in [9.17, 15) is 4.39 Å². The van der Waals surface area contributed by atoms with Gasteiger partial charge in [0.1, 0.15) is 11.5 Å². The Hall–Kier alpha value is -0.870. The molecule has 72 valence electrons. The van der Waals surface area contributed by atoms with Crippen molar-refractivity contribution in [3.63, 3.8) is 0 Å². The fourth-order valence-corrected chi connectivity index (χ4v) is 1.67. The molecule has 0 N–H and O–H groups in total. The number of halogens is 3. The standard InChI is InChI=1S/C9H5BrClFN2/c10-6-4-13-14(5-6)9-7(11)2-1-3-8(9)12/h1-5H. The van der Waals surface area contributed by atoms with Crippen LogP contribution < -0.4 is 0 Å². The van der Waals surface area contributed by atoms with E-state index < -0.39 is 5.82 Å². The van der Waals surface area contributed by atoms with Crippen LogP contribution in [0.5, 0.6) is 0 Å². The fourth-order valence-electron chi connectivity index (χ4n) is 1.13. The maximum absolute atomic E-state index is 13.4. The van der Waals surface area contributed by atoms with Crippen LogP contribution in [0.15, 0.2) is 35.1 Å². The summed E-state index contributed by atoms with van der Waals surface area (Å²) in [6, 6.07) is 4.52. The van der Waals surface area contributed by atoms with Gasteiger partial charge in [0.15, 0.2) is 0 Å². The minimum atomic E-state index is -0.395. The third-order valence-corrected chi connectivity index (χ3v) is 2.43. The van der Waals surface area contributed by atoms with Gasteiger partial charge >= 0.3 is 0 Å². The van der Waals surface area contributed by atoms with E-state index in [1.54, 1.807) is 24.5 Å². The van der Waals surface area contributed by atoms with Crippen molar-refractivity contribution in [2.24, 2.45) is 0 Å². The zero-order chi connectivity index (χ0) is 10.1. The molecule has 0 saturated heterocycles. The summed E-state index contributed by atoms with van der Waals surface area (Å²) in [6.45, 7) is 0. The molecule has 0 fully saturated rings. The summed E-state index contributed by atoms with van der Waals surface area (Å²) >= 11 is 9.09. The maximum atomic E-state index is 13.4. The molecule has 14 heavy (non-hydrogen) atoms. The Morgan fingerprint density at radius 3 is 2.79 bits per heavy atom. The van der Waals surface area contributed by atoms with Gasteiger partial charge in [-0.15, -0.1) is 0 Å². The lowest BCUT2D eigenvalue weighted by Crippen LogP contribution is -1.98. The predicted molar refractivity (Wildman–Crippen MR) is 56.2 cm³/mol. The quantitative estimate of drug-likeness (QED) is 0.780. The number of benzene rings is 1. The molecule has 0 aliphatic carbocycles. The Kier molecular flexibility index (Phi) is 2.56. The molecule has 1 aromatic heterocycles. The Morgan fingerprint density at radius 2 is 2.21 bits per heavy atom. The van der Waals surface area contributed by atoms with Gasteiger partial charge in [0.2, 0.25) is 0 Å². The van der Waals surface area contributed by atoms with Gasteiger partial charge in [-0.2, -0.15) is 5.10 Å². The van der Waals surface area contributed by atoms with Crippen molar-refractivity contribution in [2.45, 2.75) is 0 Å². The first-order chi connectivity index (χ1) is 6.68. The fraction of sp³-hybridized carbons (Fsp3) is 0. The van der Waals surface area contributed by atoms with Crippen molar-refractivity contribution in [3.05, 3.63) is 45.9 Å². The van der Waals surface area contributed by atoms with E-state index in [1.807, 2.05) is 0 Å². The van der Waals surface area contributed by atoms with Gasteiger partial charge in [0.25, 0.3) is 0 Å². The number of nitrogens with zero attached hydrogens (tertiary/aromatic N) is 2. The van der Waals surface area contributed by atoms with Crippen molar-refractivity contribution >= 4 is 27.5 Å².